The van der Waals surface area contributed by atoms with Gasteiger partial charge in [0, 0.05) is 35.6 Å². The molecule has 56 valence electrons. The fraction of sp³-hybridized carbons (Fsp3) is 0.714. The minimum absolute atomic E-state index is 0.0113. The van der Waals surface area contributed by atoms with Crippen molar-refractivity contribution >= 4 is 22.6 Å². The Morgan fingerprint density at radius 2 is 2.60 bits per heavy atom. The summed E-state index contributed by atoms with van der Waals surface area (Å²) in [5.41, 5.74) is 0. The van der Waals surface area contributed by atoms with Crippen molar-refractivity contribution in [2.24, 2.45) is 0 Å². The molecular weight excluding hydrogens is 243 g/mol. The summed E-state index contributed by atoms with van der Waals surface area (Å²) in [4.78, 5) is 0. The number of halogens is 1. The van der Waals surface area contributed by atoms with E-state index in [9.17, 15) is 0 Å². The zero-order valence-electron chi connectivity index (χ0n) is 5.60. The molecule has 0 amide bonds. The molecule has 1 aliphatic heterocycles. The van der Waals surface area contributed by atoms with Crippen LogP contribution in [0.2, 0.25) is 0 Å². The zero-order valence-corrected chi connectivity index (χ0v) is 7.76. The summed E-state index contributed by atoms with van der Waals surface area (Å²) in [6.07, 6.45) is 2.14. The third kappa shape index (κ3) is 2.86. The van der Waals surface area contributed by atoms with E-state index in [4.69, 9.17) is 9.47 Å². The first-order chi connectivity index (χ1) is 4.93. The van der Waals surface area contributed by atoms with Crippen LogP contribution in [0.3, 0.4) is 0 Å². The fourth-order valence-electron chi connectivity index (χ4n) is 0.841. The molecule has 0 spiro atoms. The van der Waals surface area contributed by atoms with Crippen molar-refractivity contribution in [3.63, 3.8) is 0 Å². The molecule has 1 atom stereocenters. The van der Waals surface area contributed by atoms with Gasteiger partial charge in [-0.1, -0.05) is 5.92 Å². The van der Waals surface area contributed by atoms with E-state index in [1.165, 1.54) is 0 Å². The Morgan fingerprint density at radius 3 is 3.20 bits per heavy atom. The molecule has 0 saturated carbocycles. The van der Waals surface area contributed by atoms with Crippen LogP contribution in [-0.2, 0) is 9.47 Å². The molecule has 1 aliphatic rings. The van der Waals surface area contributed by atoms with Gasteiger partial charge in [-0.3, -0.25) is 0 Å². The molecule has 10 heavy (non-hydrogen) atoms. The van der Waals surface area contributed by atoms with Crippen LogP contribution in [0.4, 0.5) is 0 Å². The van der Waals surface area contributed by atoms with Gasteiger partial charge >= 0.3 is 0 Å². The first-order valence-electron chi connectivity index (χ1n) is 3.25. The second-order valence-electron chi connectivity index (χ2n) is 2.02. The Morgan fingerprint density at radius 1 is 1.70 bits per heavy atom. The van der Waals surface area contributed by atoms with E-state index in [1.807, 2.05) is 22.6 Å². The van der Waals surface area contributed by atoms with Crippen molar-refractivity contribution in [2.75, 3.05) is 13.2 Å². The minimum Gasteiger partial charge on any atom is -0.353 e. The van der Waals surface area contributed by atoms with Gasteiger partial charge < -0.3 is 9.47 Å². The Balaban J connectivity index is 2.05. The molecule has 0 bridgehead atoms. The molecule has 0 radical (unpaired) electrons. The topological polar surface area (TPSA) is 18.5 Å². The predicted octanol–water partition coefficient (Wildman–Crippen LogP) is 1.54. The number of hydrogen-bond acceptors (Lipinski definition) is 2. The minimum atomic E-state index is 0.0113. The Hall–Kier alpha value is 0.210. The van der Waals surface area contributed by atoms with Crippen LogP contribution >= 0.6 is 22.6 Å². The molecule has 0 aromatic heterocycles. The number of hydrogen-bond donors (Lipinski definition) is 0. The fourth-order valence-corrected chi connectivity index (χ4v) is 0.997. The normalized spacial score (nSPS) is 23.9. The highest BCUT2D eigenvalue weighted by Crippen LogP contribution is 2.12. The van der Waals surface area contributed by atoms with Crippen LogP contribution in [0.1, 0.15) is 12.8 Å². The third-order valence-corrected chi connectivity index (χ3v) is 1.68. The molecule has 1 saturated heterocycles. The number of rotatable bonds is 2. The van der Waals surface area contributed by atoms with Gasteiger partial charge in [0.25, 0.3) is 0 Å². The van der Waals surface area contributed by atoms with Crippen molar-refractivity contribution in [2.45, 2.75) is 19.1 Å². The lowest BCUT2D eigenvalue weighted by molar-refractivity contribution is -0.0995. The first-order valence-corrected chi connectivity index (χ1v) is 4.33. The molecule has 2 nitrogen and oxygen atoms in total. The van der Waals surface area contributed by atoms with E-state index in [0.717, 1.165) is 19.4 Å². The number of ether oxygens (including phenoxy) is 2. The van der Waals surface area contributed by atoms with Gasteiger partial charge in [0.15, 0.2) is 6.29 Å². The summed E-state index contributed by atoms with van der Waals surface area (Å²) in [5.74, 6) is 2.81. The Kier molecular flexibility index (Phi) is 4.10. The molecule has 1 rings (SSSR count). The van der Waals surface area contributed by atoms with E-state index < -0.39 is 0 Å². The summed E-state index contributed by atoms with van der Waals surface area (Å²) in [7, 11) is 0. The lowest BCUT2D eigenvalue weighted by Crippen LogP contribution is -2.10. The maximum Gasteiger partial charge on any atom is 0.158 e. The molecular formula is C7H9IO2. The van der Waals surface area contributed by atoms with Gasteiger partial charge in [-0.2, -0.15) is 0 Å². The highest BCUT2D eigenvalue weighted by Gasteiger charge is 2.14. The van der Waals surface area contributed by atoms with Gasteiger partial charge in [-0.05, 0) is 10.3 Å². The van der Waals surface area contributed by atoms with Gasteiger partial charge in [0.05, 0.1) is 0 Å². The van der Waals surface area contributed by atoms with Crippen molar-refractivity contribution in [1.29, 1.82) is 0 Å². The van der Waals surface area contributed by atoms with Crippen LogP contribution in [0.25, 0.3) is 0 Å². The summed E-state index contributed by atoms with van der Waals surface area (Å²) < 4.78 is 13.2. The summed E-state index contributed by atoms with van der Waals surface area (Å²) in [6.45, 7) is 1.33. The van der Waals surface area contributed by atoms with E-state index in [1.54, 1.807) is 0 Å². The highest BCUT2D eigenvalue weighted by atomic mass is 127. The average molecular weight is 252 g/mol. The second kappa shape index (κ2) is 4.94. The van der Waals surface area contributed by atoms with Gasteiger partial charge in [-0.15, -0.1) is 0 Å². The van der Waals surface area contributed by atoms with Crippen molar-refractivity contribution in [3.8, 4) is 9.85 Å². The van der Waals surface area contributed by atoms with Crippen molar-refractivity contribution in [3.05, 3.63) is 0 Å². The Labute approximate surface area is 74.4 Å². The molecule has 1 fully saturated rings. The molecule has 0 N–H and O–H groups in total. The molecule has 3 heteroatoms. The average Bonchev–Trinajstić information content (AvgIpc) is 2.41. The largest absolute Gasteiger partial charge is 0.353 e. The summed E-state index contributed by atoms with van der Waals surface area (Å²) >= 11 is 1.99. The smallest absolute Gasteiger partial charge is 0.158 e. The highest BCUT2D eigenvalue weighted by molar-refractivity contribution is 14.1. The maximum absolute atomic E-state index is 5.24. The van der Waals surface area contributed by atoms with Crippen LogP contribution in [0.15, 0.2) is 0 Å². The monoisotopic (exact) mass is 252 g/mol. The standard InChI is InChI=1S/C7H9IO2/c8-4-2-6-10-7-3-1-5-9-7/h7H,1,3,5-6H2. The molecule has 0 aliphatic carbocycles. The first kappa shape index (κ1) is 8.31. The van der Waals surface area contributed by atoms with Crippen LogP contribution in [0, 0.1) is 9.85 Å². The van der Waals surface area contributed by atoms with Crippen LogP contribution in [-0.4, -0.2) is 19.5 Å². The van der Waals surface area contributed by atoms with E-state index in [0.29, 0.717) is 6.61 Å². The SMILES string of the molecule is IC#CCOC1CCCO1. The van der Waals surface area contributed by atoms with E-state index >= 15 is 0 Å². The predicted molar refractivity (Wildman–Crippen MR) is 46.7 cm³/mol. The quantitative estimate of drug-likeness (QED) is 0.548. The van der Waals surface area contributed by atoms with Crippen molar-refractivity contribution in [1.82, 2.24) is 0 Å². The van der Waals surface area contributed by atoms with Crippen LogP contribution < -0.4 is 0 Å². The van der Waals surface area contributed by atoms with Gasteiger partial charge in [-0.25, -0.2) is 0 Å². The summed E-state index contributed by atoms with van der Waals surface area (Å²) in [6, 6.07) is 0. The molecule has 0 aromatic carbocycles. The van der Waals surface area contributed by atoms with Crippen molar-refractivity contribution < 1.29 is 9.47 Å². The Bertz CT molecular complexity index is 141. The second-order valence-corrected chi connectivity index (χ2v) is 2.56. The lowest BCUT2D eigenvalue weighted by Gasteiger charge is -2.06. The maximum atomic E-state index is 5.24. The zero-order chi connectivity index (χ0) is 7.23. The summed E-state index contributed by atoms with van der Waals surface area (Å²) in [5, 5.41) is 0. The molecule has 1 unspecified atom stereocenters. The van der Waals surface area contributed by atoms with E-state index in [2.05, 4.69) is 9.85 Å². The van der Waals surface area contributed by atoms with Gasteiger partial charge in [0.1, 0.15) is 6.61 Å². The van der Waals surface area contributed by atoms with Crippen LogP contribution in [0.5, 0.6) is 0 Å². The third-order valence-electron chi connectivity index (χ3n) is 1.30. The molecule has 1 heterocycles. The lowest BCUT2D eigenvalue weighted by atomic mass is 10.4. The van der Waals surface area contributed by atoms with E-state index in [-0.39, 0.29) is 6.29 Å². The van der Waals surface area contributed by atoms with Gasteiger partial charge in [0.2, 0.25) is 0 Å². The molecule has 0 aromatic rings.